The number of unbranched alkanes of at least 4 members (excludes halogenated alkanes) is 2. The summed E-state index contributed by atoms with van der Waals surface area (Å²) in [4.78, 5) is 0. The summed E-state index contributed by atoms with van der Waals surface area (Å²) in [6.45, 7) is 5.52. The number of ether oxygens (including phenoxy) is 2. The van der Waals surface area contributed by atoms with Gasteiger partial charge in [-0.3, -0.25) is 0 Å². The van der Waals surface area contributed by atoms with Crippen molar-refractivity contribution in [2.75, 3.05) is 19.8 Å². The second-order valence-corrected chi connectivity index (χ2v) is 5.88. The summed E-state index contributed by atoms with van der Waals surface area (Å²) in [5.74, 6) is 1.67. The SMILES string of the molecule is CC(C)CCCCCC(COCCO)Oc1ccccc1. The molecule has 0 fully saturated rings. The molecule has 0 aliphatic heterocycles. The van der Waals surface area contributed by atoms with E-state index >= 15 is 0 Å². The molecular formula is C18H30O3. The molecule has 0 spiro atoms. The molecule has 0 saturated heterocycles. The molecule has 1 aromatic rings. The highest BCUT2D eigenvalue weighted by molar-refractivity contribution is 5.21. The molecule has 0 heterocycles. The van der Waals surface area contributed by atoms with Crippen LogP contribution in [0.1, 0.15) is 46.0 Å². The first-order valence-electron chi connectivity index (χ1n) is 8.12. The normalized spacial score (nSPS) is 12.6. The van der Waals surface area contributed by atoms with Crippen LogP contribution in [0.5, 0.6) is 5.75 Å². The van der Waals surface area contributed by atoms with Crippen LogP contribution in [0.3, 0.4) is 0 Å². The molecule has 120 valence electrons. The number of para-hydroxylation sites is 1. The lowest BCUT2D eigenvalue weighted by Crippen LogP contribution is -2.24. The molecule has 0 amide bonds. The zero-order valence-electron chi connectivity index (χ0n) is 13.5. The van der Waals surface area contributed by atoms with Crippen LogP contribution in [0.4, 0.5) is 0 Å². The van der Waals surface area contributed by atoms with Gasteiger partial charge in [-0.15, -0.1) is 0 Å². The van der Waals surface area contributed by atoms with Gasteiger partial charge in [-0.25, -0.2) is 0 Å². The number of aliphatic hydroxyl groups is 1. The Morgan fingerprint density at radius 2 is 1.71 bits per heavy atom. The summed E-state index contributed by atoms with van der Waals surface area (Å²) in [7, 11) is 0. The molecule has 3 nitrogen and oxygen atoms in total. The number of hydrogen-bond donors (Lipinski definition) is 1. The minimum Gasteiger partial charge on any atom is -0.488 e. The second-order valence-electron chi connectivity index (χ2n) is 5.88. The fourth-order valence-electron chi connectivity index (χ4n) is 2.25. The van der Waals surface area contributed by atoms with Crippen LogP contribution in [-0.4, -0.2) is 31.0 Å². The van der Waals surface area contributed by atoms with Gasteiger partial charge in [0.25, 0.3) is 0 Å². The van der Waals surface area contributed by atoms with E-state index < -0.39 is 0 Å². The molecular weight excluding hydrogens is 264 g/mol. The quantitative estimate of drug-likeness (QED) is 0.591. The maximum atomic E-state index is 8.80. The fraction of sp³-hybridized carbons (Fsp3) is 0.667. The van der Waals surface area contributed by atoms with Crippen LogP contribution in [-0.2, 0) is 4.74 Å². The van der Waals surface area contributed by atoms with E-state index in [9.17, 15) is 0 Å². The molecule has 1 N–H and O–H groups in total. The van der Waals surface area contributed by atoms with Crippen LogP contribution in [0.2, 0.25) is 0 Å². The third-order valence-corrected chi connectivity index (χ3v) is 3.39. The zero-order chi connectivity index (χ0) is 15.3. The predicted molar refractivity (Wildman–Crippen MR) is 86.7 cm³/mol. The van der Waals surface area contributed by atoms with E-state index in [0.717, 1.165) is 24.5 Å². The lowest BCUT2D eigenvalue weighted by atomic mass is 10.0. The van der Waals surface area contributed by atoms with E-state index in [1.807, 2.05) is 30.3 Å². The van der Waals surface area contributed by atoms with Crippen molar-refractivity contribution in [2.24, 2.45) is 5.92 Å². The topological polar surface area (TPSA) is 38.7 Å². The number of rotatable bonds is 12. The molecule has 0 aromatic heterocycles. The summed E-state index contributed by atoms with van der Waals surface area (Å²) in [5, 5.41) is 8.80. The molecule has 1 atom stereocenters. The van der Waals surface area contributed by atoms with Gasteiger partial charge in [-0.2, -0.15) is 0 Å². The Bertz CT molecular complexity index is 338. The van der Waals surface area contributed by atoms with Gasteiger partial charge in [0.15, 0.2) is 0 Å². The van der Waals surface area contributed by atoms with Crippen LogP contribution >= 0.6 is 0 Å². The molecule has 21 heavy (non-hydrogen) atoms. The summed E-state index contributed by atoms with van der Waals surface area (Å²) in [5.41, 5.74) is 0. The van der Waals surface area contributed by atoms with Gasteiger partial charge in [-0.05, 0) is 30.9 Å². The lowest BCUT2D eigenvalue weighted by molar-refractivity contribution is 0.0280. The Hall–Kier alpha value is -1.06. The highest BCUT2D eigenvalue weighted by Crippen LogP contribution is 2.16. The van der Waals surface area contributed by atoms with Gasteiger partial charge in [0.05, 0.1) is 19.8 Å². The lowest BCUT2D eigenvalue weighted by Gasteiger charge is -2.19. The zero-order valence-corrected chi connectivity index (χ0v) is 13.5. The maximum absolute atomic E-state index is 8.80. The van der Waals surface area contributed by atoms with Crippen molar-refractivity contribution in [3.63, 3.8) is 0 Å². The van der Waals surface area contributed by atoms with Crippen molar-refractivity contribution in [1.82, 2.24) is 0 Å². The smallest absolute Gasteiger partial charge is 0.122 e. The van der Waals surface area contributed by atoms with Crippen molar-refractivity contribution in [3.8, 4) is 5.75 Å². The summed E-state index contributed by atoms with van der Waals surface area (Å²) in [6.07, 6.45) is 6.05. The molecule has 0 saturated carbocycles. The van der Waals surface area contributed by atoms with Crippen LogP contribution in [0.25, 0.3) is 0 Å². The van der Waals surface area contributed by atoms with Crippen LogP contribution in [0, 0.1) is 5.92 Å². The molecule has 3 heteroatoms. The Morgan fingerprint density at radius 3 is 2.38 bits per heavy atom. The van der Waals surface area contributed by atoms with E-state index in [1.165, 1.54) is 19.3 Å². The largest absolute Gasteiger partial charge is 0.488 e. The third-order valence-electron chi connectivity index (χ3n) is 3.39. The minimum atomic E-state index is 0.0619. The van der Waals surface area contributed by atoms with E-state index in [4.69, 9.17) is 14.6 Å². The monoisotopic (exact) mass is 294 g/mol. The number of aliphatic hydroxyl groups excluding tert-OH is 1. The number of hydrogen-bond acceptors (Lipinski definition) is 3. The molecule has 0 aliphatic rings. The summed E-state index contributed by atoms with van der Waals surface area (Å²) < 4.78 is 11.4. The van der Waals surface area contributed by atoms with Crippen molar-refractivity contribution in [2.45, 2.75) is 52.1 Å². The summed E-state index contributed by atoms with van der Waals surface area (Å²) >= 11 is 0. The van der Waals surface area contributed by atoms with Gasteiger partial charge in [0.2, 0.25) is 0 Å². The maximum Gasteiger partial charge on any atom is 0.122 e. The van der Waals surface area contributed by atoms with Gasteiger partial charge < -0.3 is 14.6 Å². The second kappa shape index (κ2) is 11.6. The van der Waals surface area contributed by atoms with E-state index in [1.54, 1.807) is 0 Å². The van der Waals surface area contributed by atoms with Crippen molar-refractivity contribution in [3.05, 3.63) is 30.3 Å². The highest BCUT2D eigenvalue weighted by atomic mass is 16.5. The van der Waals surface area contributed by atoms with Crippen LogP contribution in [0.15, 0.2) is 30.3 Å². The van der Waals surface area contributed by atoms with Crippen molar-refractivity contribution in [1.29, 1.82) is 0 Å². The standard InChI is InChI=1S/C18H30O3/c1-16(2)9-5-3-8-12-18(15-20-14-13-19)21-17-10-6-4-7-11-17/h4,6-7,10-11,16,18-19H,3,5,8-9,12-15H2,1-2H3. The van der Waals surface area contributed by atoms with Crippen molar-refractivity contribution >= 4 is 0 Å². The van der Waals surface area contributed by atoms with E-state index in [-0.39, 0.29) is 12.7 Å². The number of benzene rings is 1. The first-order valence-corrected chi connectivity index (χ1v) is 8.12. The Kier molecular flexibility index (Phi) is 9.92. The molecule has 0 bridgehead atoms. The third kappa shape index (κ3) is 9.48. The average molecular weight is 294 g/mol. The Labute approximate surface area is 129 Å². The molecule has 1 rings (SSSR count). The van der Waals surface area contributed by atoms with Gasteiger partial charge in [0.1, 0.15) is 11.9 Å². The van der Waals surface area contributed by atoms with Crippen molar-refractivity contribution < 1.29 is 14.6 Å². The van der Waals surface area contributed by atoms with Crippen LogP contribution < -0.4 is 4.74 Å². The molecule has 1 unspecified atom stereocenters. The predicted octanol–water partition coefficient (Wildman–Crippen LogP) is 4.05. The van der Waals surface area contributed by atoms with Gasteiger partial charge in [0, 0.05) is 0 Å². The van der Waals surface area contributed by atoms with Gasteiger partial charge >= 0.3 is 0 Å². The van der Waals surface area contributed by atoms with E-state index in [2.05, 4.69) is 13.8 Å². The minimum absolute atomic E-state index is 0.0619. The molecule has 1 aromatic carbocycles. The highest BCUT2D eigenvalue weighted by Gasteiger charge is 2.11. The first kappa shape index (κ1) is 18.0. The average Bonchev–Trinajstić information content (AvgIpc) is 2.47. The summed E-state index contributed by atoms with van der Waals surface area (Å²) in [6, 6.07) is 9.87. The first-order chi connectivity index (χ1) is 10.2. The van der Waals surface area contributed by atoms with Gasteiger partial charge in [-0.1, -0.05) is 51.3 Å². The fourth-order valence-corrected chi connectivity index (χ4v) is 2.25. The van der Waals surface area contributed by atoms with E-state index in [0.29, 0.717) is 13.2 Å². The Balaban J connectivity index is 2.30. The molecule has 0 aliphatic carbocycles. The Morgan fingerprint density at radius 1 is 1.00 bits per heavy atom. The molecule has 0 radical (unpaired) electrons.